The van der Waals surface area contributed by atoms with Gasteiger partial charge >= 0.3 is 0 Å². The van der Waals surface area contributed by atoms with Crippen molar-refractivity contribution in [3.05, 3.63) is 17.7 Å². The van der Waals surface area contributed by atoms with Crippen LogP contribution in [0.4, 0.5) is 0 Å². The summed E-state index contributed by atoms with van der Waals surface area (Å²) in [6.07, 6.45) is 1.82. The van der Waals surface area contributed by atoms with Gasteiger partial charge in [-0.2, -0.15) is 17.0 Å². The molecule has 2 fully saturated rings. The van der Waals surface area contributed by atoms with Gasteiger partial charge in [-0.25, -0.2) is 4.98 Å². The van der Waals surface area contributed by atoms with E-state index in [9.17, 15) is 8.42 Å². The Bertz CT molecular complexity index is 701. The Labute approximate surface area is 162 Å². The molecule has 27 heavy (non-hydrogen) atoms. The molecule has 0 saturated carbocycles. The summed E-state index contributed by atoms with van der Waals surface area (Å²) < 4.78 is 35.1. The number of aryl methyl sites for hydroxylation is 1. The van der Waals surface area contributed by atoms with Crippen LogP contribution in [0.15, 0.2) is 6.20 Å². The van der Waals surface area contributed by atoms with E-state index in [4.69, 9.17) is 4.74 Å². The van der Waals surface area contributed by atoms with Crippen molar-refractivity contribution in [2.24, 2.45) is 5.92 Å². The first-order chi connectivity index (χ1) is 12.8. The number of aromatic amines is 1. The molecule has 1 atom stereocenters. The fourth-order valence-electron chi connectivity index (χ4n) is 3.66. The van der Waals surface area contributed by atoms with Crippen LogP contribution in [0.25, 0.3) is 0 Å². The second kappa shape index (κ2) is 8.97. The smallest absolute Gasteiger partial charge is 0.282 e. The number of aromatic nitrogens is 2. The van der Waals surface area contributed by atoms with E-state index in [1.807, 2.05) is 27.2 Å². The third-order valence-electron chi connectivity index (χ3n) is 5.16. The van der Waals surface area contributed by atoms with Crippen LogP contribution in [0.2, 0.25) is 0 Å². The summed E-state index contributed by atoms with van der Waals surface area (Å²) in [6, 6.07) is 0. The Balaban J connectivity index is 1.59. The average molecular weight is 401 g/mol. The molecule has 0 aromatic carbocycles. The van der Waals surface area contributed by atoms with Crippen LogP contribution in [-0.4, -0.2) is 110 Å². The van der Waals surface area contributed by atoms with E-state index >= 15 is 0 Å². The molecule has 1 N–H and O–H groups in total. The maximum absolute atomic E-state index is 13.1. The molecule has 2 saturated heterocycles. The summed E-state index contributed by atoms with van der Waals surface area (Å²) in [5.74, 6) is 1.06. The lowest BCUT2D eigenvalue weighted by Gasteiger charge is -2.35. The molecule has 1 unspecified atom stereocenters. The lowest BCUT2D eigenvalue weighted by Crippen LogP contribution is -2.53. The van der Waals surface area contributed by atoms with Gasteiger partial charge in [0.25, 0.3) is 10.2 Å². The lowest BCUT2D eigenvalue weighted by molar-refractivity contribution is 0.107. The summed E-state index contributed by atoms with van der Waals surface area (Å²) in [5, 5.41) is 0. The van der Waals surface area contributed by atoms with Crippen LogP contribution in [-0.2, 0) is 21.5 Å². The molecule has 0 spiro atoms. The van der Waals surface area contributed by atoms with Gasteiger partial charge in [0.15, 0.2) is 0 Å². The standard InChI is InChI=1S/C17H32N6O3S/c1-15-10-18-17(19-15)13-21(3)11-16-12-23(8-9-26-14-16)27(24,25)22-6-4-20(2)5-7-22/h10,16H,4-9,11-14H2,1-3H3,(H,18,19). The van der Waals surface area contributed by atoms with Crippen molar-refractivity contribution in [3.63, 3.8) is 0 Å². The highest BCUT2D eigenvalue weighted by Gasteiger charge is 2.34. The number of piperazine rings is 1. The van der Waals surface area contributed by atoms with Crippen molar-refractivity contribution < 1.29 is 13.2 Å². The molecule has 9 nitrogen and oxygen atoms in total. The number of H-pyrrole nitrogens is 1. The first kappa shape index (κ1) is 20.7. The Morgan fingerprint density at radius 1 is 1.26 bits per heavy atom. The molecular weight excluding hydrogens is 368 g/mol. The number of nitrogens with one attached hydrogen (secondary N) is 1. The number of rotatable bonds is 6. The molecule has 1 aromatic heterocycles. The van der Waals surface area contributed by atoms with E-state index in [0.717, 1.165) is 31.2 Å². The molecule has 2 aliphatic rings. The van der Waals surface area contributed by atoms with Crippen LogP contribution < -0.4 is 0 Å². The summed E-state index contributed by atoms with van der Waals surface area (Å²) in [6.45, 7) is 8.05. The largest absolute Gasteiger partial charge is 0.380 e. The van der Waals surface area contributed by atoms with Gasteiger partial charge in [-0.3, -0.25) is 4.90 Å². The number of likely N-dealkylation sites (N-methyl/N-ethyl adjacent to an activating group) is 1. The topological polar surface area (TPSA) is 85.0 Å². The molecular formula is C17H32N6O3S. The summed E-state index contributed by atoms with van der Waals surface area (Å²) >= 11 is 0. The molecule has 1 aromatic rings. The Morgan fingerprint density at radius 3 is 2.67 bits per heavy atom. The van der Waals surface area contributed by atoms with E-state index in [1.54, 1.807) is 8.61 Å². The van der Waals surface area contributed by atoms with Crippen LogP contribution >= 0.6 is 0 Å². The predicted octanol–water partition coefficient (Wildman–Crippen LogP) is -0.409. The molecule has 0 radical (unpaired) electrons. The van der Waals surface area contributed by atoms with Crippen molar-refractivity contribution in [1.82, 2.24) is 28.4 Å². The van der Waals surface area contributed by atoms with Crippen LogP contribution in [0.1, 0.15) is 11.5 Å². The lowest BCUT2D eigenvalue weighted by atomic mass is 10.1. The molecule has 2 aliphatic heterocycles. The van der Waals surface area contributed by atoms with Gasteiger partial charge in [0.05, 0.1) is 19.8 Å². The Hall–Kier alpha value is -1.04. The van der Waals surface area contributed by atoms with Gasteiger partial charge in [0.1, 0.15) is 5.82 Å². The maximum Gasteiger partial charge on any atom is 0.282 e. The number of ether oxygens (including phenoxy) is 1. The second-order valence-electron chi connectivity index (χ2n) is 7.72. The van der Waals surface area contributed by atoms with Gasteiger partial charge in [0, 0.05) is 63.6 Å². The highest BCUT2D eigenvalue weighted by Crippen LogP contribution is 2.17. The number of imidazole rings is 1. The summed E-state index contributed by atoms with van der Waals surface area (Å²) in [7, 11) is 0.621. The molecule has 10 heteroatoms. The zero-order valence-corrected chi connectivity index (χ0v) is 17.4. The van der Waals surface area contributed by atoms with Gasteiger partial charge in [-0.15, -0.1) is 0 Å². The average Bonchev–Trinajstić information content (AvgIpc) is 2.88. The summed E-state index contributed by atoms with van der Waals surface area (Å²) in [5.41, 5.74) is 1.04. The van der Waals surface area contributed by atoms with Crippen molar-refractivity contribution in [2.45, 2.75) is 13.5 Å². The SMILES string of the molecule is Cc1cnc(CN(C)CC2COCCN(S(=O)(=O)N3CCN(C)CC3)C2)[nH]1. The van der Waals surface area contributed by atoms with Crippen molar-refractivity contribution in [3.8, 4) is 0 Å². The number of nitrogens with zero attached hydrogens (tertiary/aromatic N) is 5. The third kappa shape index (κ3) is 5.49. The van der Waals surface area contributed by atoms with E-state index < -0.39 is 10.2 Å². The van der Waals surface area contributed by atoms with Gasteiger partial charge in [-0.1, -0.05) is 0 Å². The maximum atomic E-state index is 13.1. The molecule has 0 aliphatic carbocycles. The summed E-state index contributed by atoms with van der Waals surface area (Å²) in [4.78, 5) is 11.9. The van der Waals surface area contributed by atoms with Crippen molar-refractivity contribution >= 4 is 10.2 Å². The molecule has 154 valence electrons. The zero-order valence-electron chi connectivity index (χ0n) is 16.6. The van der Waals surface area contributed by atoms with Crippen LogP contribution in [0.5, 0.6) is 0 Å². The highest BCUT2D eigenvalue weighted by atomic mass is 32.2. The van der Waals surface area contributed by atoms with Gasteiger partial charge < -0.3 is 14.6 Å². The van der Waals surface area contributed by atoms with E-state index in [0.29, 0.717) is 45.9 Å². The predicted molar refractivity (Wildman–Crippen MR) is 104 cm³/mol. The first-order valence-corrected chi connectivity index (χ1v) is 10.9. The fourth-order valence-corrected chi connectivity index (χ4v) is 5.31. The first-order valence-electron chi connectivity index (χ1n) is 9.55. The van der Waals surface area contributed by atoms with Crippen molar-refractivity contribution in [2.75, 3.05) is 73.1 Å². The van der Waals surface area contributed by atoms with Gasteiger partial charge in [-0.05, 0) is 21.0 Å². The normalized spacial score (nSPS) is 24.4. The Morgan fingerprint density at radius 2 is 2.00 bits per heavy atom. The third-order valence-corrected chi connectivity index (χ3v) is 7.16. The molecule has 3 rings (SSSR count). The van der Waals surface area contributed by atoms with Crippen molar-refractivity contribution in [1.29, 1.82) is 0 Å². The molecule has 0 bridgehead atoms. The molecule has 0 amide bonds. The highest BCUT2D eigenvalue weighted by molar-refractivity contribution is 7.86. The molecule has 3 heterocycles. The Kier molecular flexibility index (Phi) is 6.88. The second-order valence-corrected chi connectivity index (χ2v) is 9.65. The van der Waals surface area contributed by atoms with E-state index in [-0.39, 0.29) is 5.92 Å². The minimum atomic E-state index is -3.43. The van der Waals surface area contributed by atoms with E-state index in [1.165, 1.54) is 0 Å². The fraction of sp³-hybridized carbons (Fsp3) is 0.824. The monoisotopic (exact) mass is 400 g/mol. The minimum Gasteiger partial charge on any atom is -0.380 e. The quantitative estimate of drug-likeness (QED) is 0.699. The van der Waals surface area contributed by atoms with Crippen LogP contribution in [0, 0.1) is 12.8 Å². The van der Waals surface area contributed by atoms with E-state index in [2.05, 4.69) is 19.8 Å². The van der Waals surface area contributed by atoms with Gasteiger partial charge in [0.2, 0.25) is 0 Å². The number of hydrogen-bond donors (Lipinski definition) is 1. The zero-order chi connectivity index (χ0) is 19.4. The number of hydrogen-bond acceptors (Lipinski definition) is 6. The van der Waals surface area contributed by atoms with Crippen LogP contribution in [0.3, 0.4) is 0 Å². The minimum absolute atomic E-state index is 0.135.